The second kappa shape index (κ2) is 19.6. The van der Waals surface area contributed by atoms with Crippen molar-refractivity contribution in [2.45, 2.75) is 99.0 Å². The van der Waals surface area contributed by atoms with E-state index in [1.54, 1.807) is 0 Å². The van der Waals surface area contributed by atoms with Gasteiger partial charge in [-0.15, -0.1) is 0 Å². The van der Waals surface area contributed by atoms with Crippen LogP contribution in [0.3, 0.4) is 0 Å². The Hall–Kier alpha value is -5.84. The van der Waals surface area contributed by atoms with E-state index < -0.39 is 162 Å². The van der Waals surface area contributed by atoms with Crippen molar-refractivity contribution in [2.24, 2.45) is 0 Å². The highest BCUT2D eigenvalue weighted by molar-refractivity contribution is 5.89. The molecule has 3 aromatic carbocycles. The van der Waals surface area contributed by atoms with Gasteiger partial charge in [0.1, 0.15) is 96.2 Å². The van der Waals surface area contributed by atoms with Gasteiger partial charge in [-0.25, -0.2) is 4.79 Å². The summed E-state index contributed by atoms with van der Waals surface area (Å²) >= 11 is 0. The molecule has 3 fully saturated rings. The Morgan fingerprint density at radius 3 is 1.94 bits per heavy atom. The Balaban J connectivity index is 1.11. The lowest BCUT2D eigenvalue weighted by molar-refractivity contribution is -0.350. The predicted molar refractivity (Wildman–Crippen MR) is 216 cm³/mol. The van der Waals surface area contributed by atoms with E-state index in [1.807, 2.05) is 0 Å². The Morgan fingerprint density at radius 2 is 1.27 bits per heavy atom. The fraction of sp³-hybridized carbons (Fsp3) is 0.429. The summed E-state index contributed by atoms with van der Waals surface area (Å²) in [6.07, 6.45) is -24.5. The average Bonchev–Trinajstić information content (AvgIpc) is 3.28. The van der Waals surface area contributed by atoms with Gasteiger partial charge < -0.3 is 109 Å². The van der Waals surface area contributed by atoms with Gasteiger partial charge in [-0.2, -0.15) is 0 Å². The first-order valence-corrected chi connectivity index (χ1v) is 20.0. The first-order chi connectivity index (χ1) is 31.3. The van der Waals surface area contributed by atoms with Crippen LogP contribution in [0, 0.1) is 0 Å². The van der Waals surface area contributed by atoms with Crippen LogP contribution in [0.25, 0.3) is 28.4 Å². The quantitative estimate of drug-likeness (QED) is 0.0395. The summed E-state index contributed by atoms with van der Waals surface area (Å²) in [5.74, 6) is -5.49. The van der Waals surface area contributed by atoms with Crippen LogP contribution in [0.5, 0.6) is 40.2 Å². The largest absolute Gasteiger partial charge is 0.507 e. The molecule has 0 aliphatic carbocycles. The number of rotatable bonds is 12. The minimum absolute atomic E-state index is 0.127. The number of carbonyl (C=O) groups excluding carboxylic acids is 1. The molecule has 0 saturated carbocycles. The molecule has 66 heavy (non-hydrogen) atoms. The fourth-order valence-corrected chi connectivity index (χ4v) is 7.30. The van der Waals surface area contributed by atoms with Crippen LogP contribution in [0.15, 0.2) is 63.8 Å². The van der Waals surface area contributed by atoms with Crippen molar-refractivity contribution in [3.05, 3.63) is 70.4 Å². The van der Waals surface area contributed by atoms with Crippen LogP contribution in [-0.4, -0.2) is 183 Å². The molecule has 358 valence electrons. The average molecular weight is 935 g/mol. The molecule has 14 N–H and O–H groups in total. The summed E-state index contributed by atoms with van der Waals surface area (Å²) in [5, 5.41) is 145. The fourth-order valence-electron chi connectivity index (χ4n) is 7.30. The number of aromatic hydroxyl groups is 5. The number of fused-ring (bicyclic) bond motifs is 1. The molecule has 4 heterocycles. The van der Waals surface area contributed by atoms with E-state index in [0.717, 1.165) is 30.3 Å². The molecule has 0 spiro atoms. The Bertz CT molecular complexity index is 2470. The molecule has 3 aliphatic heterocycles. The minimum Gasteiger partial charge on any atom is -0.507 e. The van der Waals surface area contributed by atoms with Crippen molar-refractivity contribution in [1.82, 2.24) is 0 Å². The number of esters is 1. The summed E-state index contributed by atoms with van der Waals surface area (Å²) in [7, 11) is 0. The number of phenolic OH excluding ortho intramolecular Hbond substituents is 5. The second-order valence-electron chi connectivity index (χ2n) is 15.6. The van der Waals surface area contributed by atoms with Crippen LogP contribution in [-0.2, 0) is 28.5 Å². The van der Waals surface area contributed by atoms with Crippen LogP contribution >= 0.6 is 0 Å². The van der Waals surface area contributed by atoms with Gasteiger partial charge in [0.15, 0.2) is 35.0 Å². The van der Waals surface area contributed by atoms with Crippen LogP contribution in [0.1, 0.15) is 12.5 Å². The van der Waals surface area contributed by atoms with Crippen LogP contribution in [0.2, 0.25) is 0 Å². The monoisotopic (exact) mass is 934 g/mol. The van der Waals surface area contributed by atoms with Gasteiger partial charge >= 0.3 is 5.97 Å². The SMILES string of the molecule is C[C@@H]1O[C@@H](Oc2cc(O)c3c(=O)c(O[C@@H]4O[C@@H](CO)[C@H](O)[C@H](O)[C@H]4O)c(-c4ccc(O)c(O)c4)oc3c2)[C@@H](O)[C@H](O[C@H]2O[C@@H](COC(=O)C=Cc3ccc(O)c(O)c3)[C@H](O)[C@@H](O)[C@@H]2O)[C@H]1O. The zero-order valence-electron chi connectivity index (χ0n) is 34.2. The molecule has 0 amide bonds. The number of hydrogen-bond donors (Lipinski definition) is 14. The number of hydrogen-bond acceptors (Lipinski definition) is 24. The third kappa shape index (κ3) is 9.67. The number of aliphatic hydroxyl groups is 9. The predicted octanol–water partition coefficient (Wildman–Crippen LogP) is -2.54. The normalized spacial score (nSPS) is 32.6. The highest BCUT2D eigenvalue weighted by Gasteiger charge is 2.51. The molecule has 24 nitrogen and oxygen atoms in total. The van der Waals surface area contributed by atoms with Gasteiger partial charge in [-0.1, -0.05) is 6.07 Å². The molecular weight excluding hydrogens is 888 g/mol. The molecule has 4 aromatic rings. The standard InChI is InChI=1S/C42H46O24/c1-14-28(50)38(65-41-35(57)33(55)30(52)25(64-41)13-59-26(49)7-3-15-2-5-18(44)20(46)8-15)36(58)42(60-14)61-17-10-22(48)27-23(11-17)62-37(16-4-6-19(45)21(47)9-16)39(31(27)53)66-40-34(56)32(54)29(51)24(12-43)63-40/h2-11,14,24-25,28-30,32-36,38,40-48,50-52,54-58H,12-13H2,1H3/t14-,24-,25-,28-,29-,30-,32-,33+,34+,35-,36-,38+,40-,41+,42-/m0/s1. The van der Waals surface area contributed by atoms with Crippen molar-refractivity contribution in [3.8, 4) is 51.6 Å². The molecule has 3 saturated heterocycles. The van der Waals surface area contributed by atoms with E-state index in [1.165, 1.54) is 37.3 Å². The molecule has 1 aromatic heterocycles. The van der Waals surface area contributed by atoms with E-state index >= 15 is 0 Å². The highest BCUT2D eigenvalue weighted by atomic mass is 16.7. The maximum absolute atomic E-state index is 14.1. The Morgan fingerprint density at radius 1 is 0.652 bits per heavy atom. The first-order valence-electron chi connectivity index (χ1n) is 20.0. The van der Waals surface area contributed by atoms with Crippen molar-refractivity contribution < 1.29 is 114 Å². The van der Waals surface area contributed by atoms with Crippen molar-refractivity contribution >= 4 is 23.0 Å². The minimum atomic E-state index is -2.00. The lowest BCUT2D eigenvalue weighted by Crippen LogP contribution is -2.64. The van der Waals surface area contributed by atoms with Crippen molar-refractivity contribution in [1.29, 1.82) is 0 Å². The summed E-state index contributed by atoms with van der Waals surface area (Å²) < 4.78 is 45.1. The zero-order chi connectivity index (χ0) is 47.9. The van der Waals surface area contributed by atoms with Gasteiger partial charge in [-0.05, 0) is 48.9 Å². The summed E-state index contributed by atoms with van der Waals surface area (Å²) in [4.78, 5) is 26.5. The van der Waals surface area contributed by atoms with E-state index in [4.69, 9.17) is 37.6 Å². The van der Waals surface area contributed by atoms with E-state index in [0.29, 0.717) is 5.56 Å². The van der Waals surface area contributed by atoms with Gasteiger partial charge in [0.25, 0.3) is 0 Å². The number of aliphatic hydroxyl groups excluding tert-OH is 9. The molecule has 3 aliphatic rings. The maximum Gasteiger partial charge on any atom is 0.330 e. The molecule has 24 heteroatoms. The molecule has 15 atom stereocenters. The van der Waals surface area contributed by atoms with E-state index in [9.17, 15) is 81.1 Å². The third-order valence-electron chi connectivity index (χ3n) is 11.0. The third-order valence-corrected chi connectivity index (χ3v) is 11.0. The summed E-state index contributed by atoms with van der Waals surface area (Å²) in [6, 6.07) is 8.88. The molecule has 0 bridgehead atoms. The lowest BCUT2D eigenvalue weighted by Gasteiger charge is -2.45. The van der Waals surface area contributed by atoms with Gasteiger partial charge in [0.2, 0.25) is 23.8 Å². The number of benzene rings is 3. The Labute approximate surface area is 370 Å². The van der Waals surface area contributed by atoms with Crippen LogP contribution in [0.4, 0.5) is 0 Å². The van der Waals surface area contributed by atoms with Crippen molar-refractivity contribution in [3.63, 3.8) is 0 Å². The van der Waals surface area contributed by atoms with E-state index in [-0.39, 0.29) is 17.1 Å². The van der Waals surface area contributed by atoms with Gasteiger partial charge in [-0.3, -0.25) is 4.79 Å². The Kier molecular flexibility index (Phi) is 14.3. The maximum atomic E-state index is 14.1. The van der Waals surface area contributed by atoms with Crippen LogP contribution < -0.4 is 14.9 Å². The summed E-state index contributed by atoms with van der Waals surface area (Å²) in [6.45, 7) is -0.193. The van der Waals surface area contributed by atoms with E-state index in [2.05, 4.69) is 0 Å². The lowest BCUT2D eigenvalue weighted by atomic mass is 9.97. The van der Waals surface area contributed by atoms with Gasteiger partial charge in [0, 0.05) is 23.8 Å². The zero-order valence-corrected chi connectivity index (χ0v) is 34.2. The molecule has 0 radical (unpaired) electrons. The smallest absolute Gasteiger partial charge is 0.330 e. The topological polar surface area (TPSA) is 395 Å². The number of carbonyl (C=O) groups is 1. The number of phenols is 5. The highest BCUT2D eigenvalue weighted by Crippen LogP contribution is 2.41. The van der Waals surface area contributed by atoms with Crippen molar-refractivity contribution in [2.75, 3.05) is 13.2 Å². The van der Waals surface area contributed by atoms with Gasteiger partial charge in [0.05, 0.1) is 12.7 Å². The summed E-state index contributed by atoms with van der Waals surface area (Å²) in [5.41, 5.74) is -1.37. The second-order valence-corrected chi connectivity index (χ2v) is 15.6. The first kappa shape index (κ1) is 48.1. The molecule has 0 unspecified atom stereocenters. The molecular formula is C42H46O24. The number of ether oxygens (including phenoxy) is 7. The molecule has 7 rings (SSSR count).